The fraction of sp³-hybridized carbons (Fsp3) is 0.583. The van der Waals surface area contributed by atoms with E-state index in [1.54, 1.807) is 13.3 Å². The molecule has 3 N–H and O–H groups in total. The molecule has 1 rings (SSSR count). The SMILES string of the molecule is CCCC(OC)C(O)Cc1cccnc1N. The first-order valence-electron chi connectivity index (χ1n) is 5.59. The molecule has 0 spiro atoms. The van der Waals surface area contributed by atoms with E-state index in [1.165, 1.54) is 0 Å². The highest BCUT2D eigenvalue weighted by molar-refractivity contribution is 5.38. The number of pyridine rings is 1. The Morgan fingerprint density at radius 1 is 1.56 bits per heavy atom. The molecule has 0 saturated heterocycles. The Balaban J connectivity index is 2.62. The highest BCUT2D eigenvalue weighted by Crippen LogP contribution is 2.15. The second kappa shape index (κ2) is 6.45. The first-order valence-corrected chi connectivity index (χ1v) is 5.59. The molecule has 1 aromatic rings. The smallest absolute Gasteiger partial charge is 0.126 e. The van der Waals surface area contributed by atoms with Crippen molar-refractivity contribution in [3.63, 3.8) is 0 Å². The van der Waals surface area contributed by atoms with Gasteiger partial charge < -0.3 is 15.6 Å². The number of nitrogens with zero attached hydrogens (tertiary/aromatic N) is 1. The van der Waals surface area contributed by atoms with Crippen molar-refractivity contribution >= 4 is 5.82 Å². The lowest BCUT2D eigenvalue weighted by atomic mass is 10.0. The fourth-order valence-corrected chi connectivity index (χ4v) is 1.73. The minimum atomic E-state index is -0.531. The molecule has 0 aliphatic rings. The second-order valence-electron chi connectivity index (χ2n) is 3.88. The van der Waals surface area contributed by atoms with Gasteiger partial charge in [0.25, 0.3) is 0 Å². The van der Waals surface area contributed by atoms with Crippen LogP contribution >= 0.6 is 0 Å². The number of hydrogen-bond donors (Lipinski definition) is 2. The minimum absolute atomic E-state index is 0.135. The summed E-state index contributed by atoms with van der Waals surface area (Å²) in [7, 11) is 1.62. The van der Waals surface area contributed by atoms with Crippen LogP contribution in [0.4, 0.5) is 5.82 Å². The lowest BCUT2D eigenvalue weighted by molar-refractivity contribution is -0.0158. The highest BCUT2D eigenvalue weighted by atomic mass is 16.5. The predicted octanol–water partition coefficient (Wildman–Crippen LogP) is 1.38. The molecule has 0 saturated carbocycles. The number of ether oxygens (including phenoxy) is 1. The zero-order chi connectivity index (χ0) is 12.0. The average molecular weight is 224 g/mol. The van der Waals surface area contributed by atoms with Crippen LogP contribution < -0.4 is 5.73 Å². The van der Waals surface area contributed by atoms with Crippen molar-refractivity contribution in [2.24, 2.45) is 0 Å². The summed E-state index contributed by atoms with van der Waals surface area (Å²) in [6, 6.07) is 3.70. The van der Waals surface area contributed by atoms with E-state index in [0.29, 0.717) is 12.2 Å². The normalized spacial score (nSPS) is 14.7. The van der Waals surface area contributed by atoms with E-state index in [2.05, 4.69) is 11.9 Å². The number of aromatic nitrogens is 1. The Kier molecular flexibility index (Phi) is 5.22. The van der Waals surface area contributed by atoms with Crippen molar-refractivity contribution in [1.29, 1.82) is 0 Å². The zero-order valence-electron chi connectivity index (χ0n) is 9.89. The van der Waals surface area contributed by atoms with E-state index < -0.39 is 6.10 Å². The Hall–Kier alpha value is -1.13. The summed E-state index contributed by atoms with van der Waals surface area (Å²) >= 11 is 0. The molecule has 90 valence electrons. The first-order chi connectivity index (χ1) is 7.69. The largest absolute Gasteiger partial charge is 0.390 e. The molecular weight excluding hydrogens is 204 g/mol. The van der Waals surface area contributed by atoms with Gasteiger partial charge in [0.1, 0.15) is 5.82 Å². The molecule has 1 aromatic heterocycles. The standard InChI is InChI=1S/C12H20N2O2/c1-3-5-11(16-2)10(15)8-9-6-4-7-14-12(9)13/h4,6-7,10-11,15H,3,5,8H2,1-2H3,(H2,13,14). The Morgan fingerprint density at radius 2 is 2.31 bits per heavy atom. The topological polar surface area (TPSA) is 68.4 Å². The van der Waals surface area contributed by atoms with Gasteiger partial charge in [0.15, 0.2) is 0 Å². The number of anilines is 1. The molecule has 4 nitrogen and oxygen atoms in total. The van der Waals surface area contributed by atoms with Crippen LogP contribution in [0.25, 0.3) is 0 Å². The Labute approximate surface area is 96.5 Å². The van der Waals surface area contributed by atoms with Crippen molar-refractivity contribution < 1.29 is 9.84 Å². The van der Waals surface area contributed by atoms with Crippen LogP contribution in [0.3, 0.4) is 0 Å². The molecule has 2 atom stereocenters. The number of hydrogen-bond acceptors (Lipinski definition) is 4. The summed E-state index contributed by atoms with van der Waals surface area (Å²) in [4.78, 5) is 3.99. The molecule has 0 aliphatic heterocycles. The molecule has 4 heteroatoms. The number of aliphatic hydroxyl groups is 1. The van der Waals surface area contributed by atoms with Crippen LogP contribution in [0.15, 0.2) is 18.3 Å². The van der Waals surface area contributed by atoms with Gasteiger partial charge in [-0.3, -0.25) is 0 Å². The summed E-state index contributed by atoms with van der Waals surface area (Å²) in [5.74, 6) is 0.480. The van der Waals surface area contributed by atoms with Gasteiger partial charge in [0, 0.05) is 19.7 Å². The van der Waals surface area contributed by atoms with Crippen LogP contribution in [0.2, 0.25) is 0 Å². The van der Waals surface area contributed by atoms with Crippen LogP contribution in [-0.2, 0) is 11.2 Å². The molecule has 0 fully saturated rings. The molecule has 0 aromatic carbocycles. The van der Waals surface area contributed by atoms with Gasteiger partial charge in [-0.2, -0.15) is 0 Å². The van der Waals surface area contributed by atoms with Gasteiger partial charge in [-0.05, 0) is 18.1 Å². The zero-order valence-corrected chi connectivity index (χ0v) is 9.89. The van der Waals surface area contributed by atoms with E-state index in [0.717, 1.165) is 18.4 Å². The van der Waals surface area contributed by atoms with Crippen molar-refractivity contribution in [3.05, 3.63) is 23.9 Å². The predicted molar refractivity (Wildman–Crippen MR) is 64.1 cm³/mol. The number of rotatable bonds is 6. The molecule has 0 bridgehead atoms. The summed E-state index contributed by atoms with van der Waals surface area (Å²) in [5.41, 5.74) is 6.59. The summed E-state index contributed by atoms with van der Waals surface area (Å²) in [6.45, 7) is 2.07. The Morgan fingerprint density at radius 3 is 2.88 bits per heavy atom. The fourth-order valence-electron chi connectivity index (χ4n) is 1.73. The first kappa shape index (κ1) is 12.9. The van der Waals surface area contributed by atoms with Crippen LogP contribution in [-0.4, -0.2) is 29.4 Å². The van der Waals surface area contributed by atoms with Crippen molar-refractivity contribution in [2.45, 2.75) is 38.4 Å². The van der Waals surface area contributed by atoms with Gasteiger partial charge in [-0.25, -0.2) is 4.98 Å². The van der Waals surface area contributed by atoms with Gasteiger partial charge in [-0.15, -0.1) is 0 Å². The molecule has 1 heterocycles. The second-order valence-corrected chi connectivity index (χ2v) is 3.88. The molecule has 0 amide bonds. The van der Waals surface area contributed by atoms with E-state index in [9.17, 15) is 5.11 Å². The van der Waals surface area contributed by atoms with Crippen LogP contribution in [0.1, 0.15) is 25.3 Å². The molecule has 2 unspecified atom stereocenters. The van der Waals surface area contributed by atoms with E-state index in [4.69, 9.17) is 10.5 Å². The molecule has 0 aliphatic carbocycles. The summed E-state index contributed by atoms with van der Waals surface area (Å²) in [5, 5.41) is 10.0. The number of nitrogens with two attached hydrogens (primary N) is 1. The van der Waals surface area contributed by atoms with Crippen molar-refractivity contribution in [2.75, 3.05) is 12.8 Å². The quantitative estimate of drug-likeness (QED) is 0.766. The monoisotopic (exact) mass is 224 g/mol. The number of aliphatic hydroxyl groups excluding tert-OH is 1. The maximum Gasteiger partial charge on any atom is 0.126 e. The van der Waals surface area contributed by atoms with Crippen LogP contribution in [0, 0.1) is 0 Å². The lowest BCUT2D eigenvalue weighted by Gasteiger charge is -2.21. The number of nitrogen functional groups attached to an aromatic ring is 1. The maximum absolute atomic E-state index is 10.0. The van der Waals surface area contributed by atoms with E-state index in [1.807, 2.05) is 12.1 Å². The Bertz CT molecular complexity index is 318. The molecule has 16 heavy (non-hydrogen) atoms. The summed E-state index contributed by atoms with van der Waals surface area (Å²) in [6.07, 6.45) is 3.29. The third kappa shape index (κ3) is 3.47. The van der Waals surface area contributed by atoms with Gasteiger partial charge in [0.2, 0.25) is 0 Å². The van der Waals surface area contributed by atoms with E-state index in [-0.39, 0.29) is 6.10 Å². The third-order valence-electron chi connectivity index (χ3n) is 2.66. The number of methoxy groups -OCH3 is 1. The maximum atomic E-state index is 10.0. The van der Waals surface area contributed by atoms with Gasteiger partial charge in [0.05, 0.1) is 12.2 Å². The average Bonchev–Trinajstić information content (AvgIpc) is 2.29. The molecular formula is C12H20N2O2. The van der Waals surface area contributed by atoms with E-state index >= 15 is 0 Å². The van der Waals surface area contributed by atoms with Crippen LogP contribution in [0.5, 0.6) is 0 Å². The summed E-state index contributed by atoms with van der Waals surface area (Å²) < 4.78 is 5.25. The van der Waals surface area contributed by atoms with Gasteiger partial charge >= 0.3 is 0 Å². The molecule has 0 radical (unpaired) electrons. The van der Waals surface area contributed by atoms with Gasteiger partial charge in [-0.1, -0.05) is 19.4 Å². The minimum Gasteiger partial charge on any atom is -0.390 e. The van der Waals surface area contributed by atoms with Crippen molar-refractivity contribution in [3.8, 4) is 0 Å². The highest BCUT2D eigenvalue weighted by Gasteiger charge is 2.19. The lowest BCUT2D eigenvalue weighted by Crippen LogP contribution is -2.30. The van der Waals surface area contributed by atoms with Crippen molar-refractivity contribution in [1.82, 2.24) is 4.98 Å². The third-order valence-corrected chi connectivity index (χ3v) is 2.66.